The number of allylic oxidation sites excluding steroid dienone is 12. The van der Waals surface area contributed by atoms with Crippen molar-refractivity contribution in [2.45, 2.75) is 335 Å². The summed E-state index contributed by atoms with van der Waals surface area (Å²) in [6, 6.07) is 0. The van der Waals surface area contributed by atoms with Gasteiger partial charge < -0.3 is 14.2 Å². The molecule has 0 aromatic rings. The Hall–Kier alpha value is -3.15. The van der Waals surface area contributed by atoms with Gasteiger partial charge in [-0.1, -0.05) is 299 Å². The first-order chi connectivity index (χ1) is 37.0. The highest BCUT2D eigenvalue weighted by Crippen LogP contribution is 2.17. The maximum atomic E-state index is 12.9. The normalized spacial score (nSPS) is 12.5. The van der Waals surface area contributed by atoms with Crippen molar-refractivity contribution in [3.63, 3.8) is 0 Å². The molecule has 75 heavy (non-hydrogen) atoms. The van der Waals surface area contributed by atoms with Gasteiger partial charge in [0.15, 0.2) is 6.10 Å². The van der Waals surface area contributed by atoms with E-state index in [0.717, 1.165) is 109 Å². The Morgan fingerprint density at radius 3 is 0.867 bits per heavy atom. The molecule has 0 amide bonds. The van der Waals surface area contributed by atoms with Gasteiger partial charge in [-0.3, -0.25) is 14.4 Å². The smallest absolute Gasteiger partial charge is 0.306 e. The molecule has 0 saturated carbocycles. The van der Waals surface area contributed by atoms with E-state index in [1.54, 1.807) is 0 Å². The summed E-state index contributed by atoms with van der Waals surface area (Å²) >= 11 is 0. The molecule has 0 spiro atoms. The second kappa shape index (κ2) is 63.4. The molecular weight excluding hydrogens is 925 g/mol. The summed E-state index contributed by atoms with van der Waals surface area (Å²) in [7, 11) is 0. The Labute approximate surface area is 465 Å². The molecule has 1 atom stereocenters. The Kier molecular flexibility index (Phi) is 60.7. The van der Waals surface area contributed by atoms with Crippen molar-refractivity contribution in [3.8, 4) is 0 Å². The third-order valence-electron chi connectivity index (χ3n) is 14.2. The maximum absolute atomic E-state index is 12.9. The van der Waals surface area contributed by atoms with Gasteiger partial charge in [-0.05, 0) is 83.5 Å². The third kappa shape index (κ3) is 61.6. The summed E-state index contributed by atoms with van der Waals surface area (Å²) in [4.78, 5) is 38.3. The van der Waals surface area contributed by atoms with Gasteiger partial charge >= 0.3 is 17.9 Å². The minimum atomic E-state index is -0.781. The molecule has 0 aliphatic heterocycles. The number of hydrogen-bond donors (Lipinski definition) is 0. The van der Waals surface area contributed by atoms with Crippen LogP contribution in [0.2, 0.25) is 0 Å². The fourth-order valence-corrected chi connectivity index (χ4v) is 9.36. The van der Waals surface area contributed by atoms with Crippen LogP contribution in [0, 0.1) is 0 Å². The topological polar surface area (TPSA) is 78.9 Å². The highest BCUT2D eigenvalue weighted by Gasteiger charge is 2.19. The van der Waals surface area contributed by atoms with E-state index in [1.807, 2.05) is 0 Å². The van der Waals surface area contributed by atoms with Crippen LogP contribution in [-0.4, -0.2) is 37.2 Å². The molecule has 0 N–H and O–H groups in total. The van der Waals surface area contributed by atoms with Crippen molar-refractivity contribution in [2.75, 3.05) is 13.2 Å². The summed E-state index contributed by atoms with van der Waals surface area (Å²) in [5, 5.41) is 0. The first kappa shape index (κ1) is 71.8. The number of hydrogen-bond acceptors (Lipinski definition) is 6. The number of ether oxygens (including phenoxy) is 3. The zero-order chi connectivity index (χ0) is 54.3. The highest BCUT2D eigenvalue weighted by molar-refractivity contribution is 5.71. The minimum absolute atomic E-state index is 0.0776. The van der Waals surface area contributed by atoms with Crippen molar-refractivity contribution < 1.29 is 28.6 Å². The van der Waals surface area contributed by atoms with Crippen LogP contribution in [0.25, 0.3) is 0 Å². The molecule has 434 valence electrons. The molecule has 0 radical (unpaired) electrons. The minimum Gasteiger partial charge on any atom is -0.462 e. The first-order valence-electron chi connectivity index (χ1n) is 32.4. The van der Waals surface area contributed by atoms with Crippen molar-refractivity contribution in [1.82, 2.24) is 0 Å². The zero-order valence-electron chi connectivity index (χ0n) is 49.8. The van der Waals surface area contributed by atoms with E-state index < -0.39 is 6.10 Å². The molecule has 0 aliphatic carbocycles. The number of unbranched alkanes of at least 4 members (excludes halogenated alkanes) is 36. The molecule has 0 bridgehead atoms. The van der Waals surface area contributed by atoms with Crippen LogP contribution >= 0.6 is 0 Å². The molecule has 0 aliphatic rings. The molecular formula is C69H122O6. The number of carbonyl (C=O) groups excluding carboxylic acids is 3. The van der Waals surface area contributed by atoms with Gasteiger partial charge in [-0.15, -0.1) is 0 Å². The largest absolute Gasteiger partial charge is 0.462 e. The summed E-state index contributed by atoms with van der Waals surface area (Å²) < 4.78 is 16.9. The lowest BCUT2D eigenvalue weighted by Crippen LogP contribution is -2.30. The van der Waals surface area contributed by atoms with Crippen LogP contribution in [0.1, 0.15) is 329 Å². The first-order valence-corrected chi connectivity index (χ1v) is 32.4. The van der Waals surface area contributed by atoms with Crippen LogP contribution in [0.15, 0.2) is 72.9 Å². The maximum Gasteiger partial charge on any atom is 0.306 e. The van der Waals surface area contributed by atoms with Gasteiger partial charge in [0, 0.05) is 19.3 Å². The van der Waals surface area contributed by atoms with E-state index in [9.17, 15) is 14.4 Å². The molecule has 0 heterocycles. The third-order valence-corrected chi connectivity index (χ3v) is 14.2. The predicted octanol–water partition coefficient (Wildman–Crippen LogP) is 22.1. The Bertz CT molecular complexity index is 1390. The van der Waals surface area contributed by atoms with E-state index in [-0.39, 0.29) is 31.1 Å². The Morgan fingerprint density at radius 1 is 0.280 bits per heavy atom. The zero-order valence-corrected chi connectivity index (χ0v) is 49.8. The van der Waals surface area contributed by atoms with E-state index in [0.29, 0.717) is 19.3 Å². The molecule has 0 aromatic heterocycles. The van der Waals surface area contributed by atoms with Crippen LogP contribution in [0.4, 0.5) is 0 Å². The van der Waals surface area contributed by atoms with Gasteiger partial charge in [0.2, 0.25) is 0 Å². The van der Waals surface area contributed by atoms with Gasteiger partial charge in [0.05, 0.1) is 0 Å². The lowest BCUT2D eigenvalue weighted by molar-refractivity contribution is -0.167. The SMILES string of the molecule is CC/C=C\C/C=C\C/C=C\C/C=C\CCCCCCCCCCCCCCC(=O)OCC(COC(=O)CCCCCCC/C=C\C/C=C\CCC)OC(=O)CCCCCCCCCCCCCCCCCCCCC. The average Bonchev–Trinajstić information content (AvgIpc) is 3.41. The predicted molar refractivity (Wildman–Crippen MR) is 325 cm³/mol. The second-order valence-corrected chi connectivity index (χ2v) is 21.6. The van der Waals surface area contributed by atoms with Crippen LogP contribution < -0.4 is 0 Å². The lowest BCUT2D eigenvalue weighted by atomic mass is 10.0. The van der Waals surface area contributed by atoms with Crippen LogP contribution in [0.5, 0.6) is 0 Å². The molecule has 0 saturated heterocycles. The lowest BCUT2D eigenvalue weighted by Gasteiger charge is -2.18. The van der Waals surface area contributed by atoms with Gasteiger partial charge in [-0.2, -0.15) is 0 Å². The van der Waals surface area contributed by atoms with Crippen LogP contribution in [0.3, 0.4) is 0 Å². The van der Waals surface area contributed by atoms with Crippen LogP contribution in [-0.2, 0) is 28.6 Å². The molecule has 0 rings (SSSR count). The van der Waals surface area contributed by atoms with E-state index in [4.69, 9.17) is 14.2 Å². The van der Waals surface area contributed by atoms with Crippen molar-refractivity contribution in [2.24, 2.45) is 0 Å². The standard InChI is InChI=1S/C69H122O6/c1-4-7-10-13-16-19-22-25-27-29-31-32-33-34-35-36-38-39-41-44-47-50-53-56-59-62-68(71)74-65-66(64-73-67(70)61-58-55-52-49-46-43-24-21-18-15-12-9-6-3)75-69(72)63-60-57-54-51-48-45-42-40-37-30-28-26-23-20-17-14-11-8-5-2/h7,10,12,15-16,19,21,24-25,27,31-32,66H,4-6,8-9,11,13-14,17-18,20,22-23,26,28-30,33-65H2,1-3H3/b10-7-,15-12-,19-16-,24-21-,27-25-,32-31-. The number of carbonyl (C=O) groups is 3. The van der Waals surface area contributed by atoms with Crippen molar-refractivity contribution in [3.05, 3.63) is 72.9 Å². The summed E-state index contributed by atoms with van der Waals surface area (Å²) in [6.45, 7) is 6.50. The van der Waals surface area contributed by atoms with E-state index in [1.165, 1.54) is 180 Å². The summed E-state index contributed by atoms with van der Waals surface area (Å²) in [6.07, 6.45) is 82.0. The van der Waals surface area contributed by atoms with Crippen molar-refractivity contribution in [1.29, 1.82) is 0 Å². The van der Waals surface area contributed by atoms with Gasteiger partial charge in [0.1, 0.15) is 13.2 Å². The molecule has 0 aromatic carbocycles. The monoisotopic (exact) mass is 1050 g/mol. The molecule has 0 fully saturated rings. The van der Waals surface area contributed by atoms with E-state index in [2.05, 4.69) is 93.7 Å². The number of rotatable bonds is 59. The average molecular weight is 1050 g/mol. The highest BCUT2D eigenvalue weighted by atomic mass is 16.6. The molecule has 6 heteroatoms. The molecule has 6 nitrogen and oxygen atoms in total. The Morgan fingerprint density at radius 2 is 0.547 bits per heavy atom. The number of esters is 3. The van der Waals surface area contributed by atoms with Gasteiger partial charge in [0.25, 0.3) is 0 Å². The quantitative estimate of drug-likeness (QED) is 0.0261. The van der Waals surface area contributed by atoms with Crippen molar-refractivity contribution >= 4 is 17.9 Å². The second-order valence-electron chi connectivity index (χ2n) is 21.6. The fraction of sp³-hybridized carbons (Fsp3) is 0.783. The Balaban J connectivity index is 4.28. The molecule has 1 unspecified atom stereocenters. The van der Waals surface area contributed by atoms with Gasteiger partial charge in [-0.25, -0.2) is 0 Å². The summed E-state index contributed by atoms with van der Waals surface area (Å²) in [5.74, 6) is -0.876. The fourth-order valence-electron chi connectivity index (χ4n) is 9.36. The summed E-state index contributed by atoms with van der Waals surface area (Å²) in [5.41, 5.74) is 0. The van der Waals surface area contributed by atoms with E-state index >= 15 is 0 Å².